The molecule has 4 heteroatoms. The molecule has 1 unspecified atom stereocenters. The largest absolute Gasteiger partial charge is 0.497 e. The van der Waals surface area contributed by atoms with Crippen molar-refractivity contribution in [1.29, 1.82) is 0 Å². The number of alkyl halides is 1. The van der Waals surface area contributed by atoms with Gasteiger partial charge in [0.25, 0.3) is 0 Å². The Bertz CT molecular complexity index is 539. The lowest BCUT2D eigenvalue weighted by atomic mass is 9.96. The van der Waals surface area contributed by atoms with E-state index < -0.39 is 0 Å². The van der Waals surface area contributed by atoms with E-state index in [1.54, 1.807) is 7.11 Å². The Morgan fingerprint density at radius 2 is 2.25 bits per heavy atom. The quantitative estimate of drug-likeness (QED) is 0.722. The van der Waals surface area contributed by atoms with Crippen molar-refractivity contribution in [2.75, 3.05) is 12.4 Å². The minimum atomic E-state index is 0.610. The van der Waals surface area contributed by atoms with Gasteiger partial charge in [0.2, 0.25) is 0 Å². The molecule has 108 valence electrons. The topological polar surface area (TPSA) is 27.1 Å². The maximum Gasteiger partial charge on any atom is 0.119 e. The molecule has 2 aromatic rings. The minimum absolute atomic E-state index is 0.610. The fourth-order valence-corrected chi connectivity index (χ4v) is 2.89. The number of nitrogens with zero attached hydrogens (tertiary/aromatic N) is 2. The van der Waals surface area contributed by atoms with E-state index in [0.29, 0.717) is 5.92 Å². The summed E-state index contributed by atoms with van der Waals surface area (Å²) in [5.74, 6) is 2.69. The molecule has 0 spiro atoms. The molecule has 1 atom stereocenters. The minimum Gasteiger partial charge on any atom is -0.497 e. The first kappa shape index (κ1) is 15.1. The van der Waals surface area contributed by atoms with Crippen molar-refractivity contribution >= 4 is 15.9 Å². The summed E-state index contributed by atoms with van der Waals surface area (Å²) < 4.78 is 7.37. The lowest BCUT2D eigenvalue weighted by Gasteiger charge is -2.14. The highest BCUT2D eigenvalue weighted by Crippen LogP contribution is 2.20. The van der Waals surface area contributed by atoms with Gasteiger partial charge in [0.1, 0.15) is 11.6 Å². The zero-order chi connectivity index (χ0) is 14.4. The van der Waals surface area contributed by atoms with Gasteiger partial charge in [-0.05, 0) is 36.5 Å². The van der Waals surface area contributed by atoms with Crippen LogP contribution in [0.1, 0.15) is 17.8 Å². The third kappa shape index (κ3) is 4.10. The number of benzene rings is 1. The fourth-order valence-electron chi connectivity index (χ4n) is 2.34. The molecule has 1 aromatic heterocycles. The summed E-state index contributed by atoms with van der Waals surface area (Å²) in [5.41, 5.74) is 1.33. The van der Waals surface area contributed by atoms with Crippen molar-refractivity contribution in [2.24, 2.45) is 13.0 Å². The first-order valence-corrected chi connectivity index (χ1v) is 8.00. The molecule has 0 N–H and O–H groups in total. The fraction of sp³-hybridized carbons (Fsp3) is 0.438. The van der Waals surface area contributed by atoms with Crippen molar-refractivity contribution in [2.45, 2.75) is 19.3 Å². The third-order valence-electron chi connectivity index (χ3n) is 3.57. The average molecular weight is 337 g/mol. The van der Waals surface area contributed by atoms with Crippen LogP contribution in [0.25, 0.3) is 0 Å². The highest BCUT2D eigenvalue weighted by Gasteiger charge is 2.11. The smallest absolute Gasteiger partial charge is 0.119 e. The van der Waals surface area contributed by atoms with E-state index in [0.717, 1.165) is 36.2 Å². The summed E-state index contributed by atoms with van der Waals surface area (Å²) in [5, 5.41) is 1.01. The molecule has 2 rings (SSSR count). The van der Waals surface area contributed by atoms with Gasteiger partial charge in [-0.25, -0.2) is 4.98 Å². The summed E-state index contributed by atoms with van der Waals surface area (Å²) in [6.07, 6.45) is 7.07. The SMILES string of the molecule is COc1cccc(CC(CBr)CCc2nccn2C)c1. The number of halogens is 1. The monoisotopic (exact) mass is 336 g/mol. The Morgan fingerprint density at radius 1 is 1.40 bits per heavy atom. The Hall–Kier alpha value is -1.29. The normalized spacial score (nSPS) is 12.3. The van der Waals surface area contributed by atoms with Crippen LogP contribution in [0.4, 0.5) is 0 Å². The second-order valence-corrected chi connectivity index (χ2v) is 5.72. The first-order chi connectivity index (χ1) is 9.72. The predicted molar refractivity (Wildman–Crippen MR) is 85.5 cm³/mol. The summed E-state index contributed by atoms with van der Waals surface area (Å²) >= 11 is 3.63. The van der Waals surface area contributed by atoms with Crippen LogP contribution in [0.2, 0.25) is 0 Å². The molecule has 0 fully saturated rings. The molecule has 0 aliphatic rings. The van der Waals surface area contributed by atoms with E-state index in [1.165, 1.54) is 5.56 Å². The molecular weight excluding hydrogens is 316 g/mol. The van der Waals surface area contributed by atoms with Gasteiger partial charge in [-0.15, -0.1) is 0 Å². The van der Waals surface area contributed by atoms with Gasteiger partial charge >= 0.3 is 0 Å². The van der Waals surface area contributed by atoms with E-state index in [1.807, 2.05) is 25.5 Å². The van der Waals surface area contributed by atoms with Gasteiger partial charge in [0, 0.05) is 31.2 Å². The Kier molecular flexibility index (Phi) is 5.65. The maximum atomic E-state index is 5.28. The molecule has 0 bridgehead atoms. The molecule has 1 aromatic carbocycles. The lowest BCUT2D eigenvalue weighted by Crippen LogP contribution is -2.09. The number of aryl methyl sites for hydroxylation is 2. The number of imidazole rings is 1. The van der Waals surface area contributed by atoms with Crippen LogP contribution in [-0.2, 0) is 19.9 Å². The van der Waals surface area contributed by atoms with Crippen LogP contribution < -0.4 is 4.74 Å². The van der Waals surface area contributed by atoms with Crippen LogP contribution in [0.15, 0.2) is 36.7 Å². The maximum absolute atomic E-state index is 5.28. The van der Waals surface area contributed by atoms with Crippen molar-refractivity contribution in [3.63, 3.8) is 0 Å². The molecule has 0 radical (unpaired) electrons. The van der Waals surface area contributed by atoms with Crippen LogP contribution in [0.3, 0.4) is 0 Å². The third-order valence-corrected chi connectivity index (χ3v) is 4.49. The lowest BCUT2D eigenvalue weighted by molar-refractivity contribution is 0.413. The molecule has 0 aliphatic heterocycles. The number of rotatable bonds is 7. The predicted octanol–water partition coefficient (Wildman–Crippen LogP) is 3.62. The summed E-state index contributed by atoms with van der Waals surface area (Å²) in [7, 11) is 3.76. The number of ether oxygens (including phenoxy) is 1. The first-order valence-electron chi connectivity index (χ1n) is 6.88. The van der Waals surface area contributed by atoms with E-state index in [4.69, 9.17) is 4.74 Å². The molecular formula is C16H21BrN2O. The van der Waals surface area contributed by atoms with E-state index in [-0.39, 0.29) is 0 Å². The Balaban J connectivity index is 1.93. The van der Waals surface area contributed by atoms with Gasteiger partial charge in [0.05, 0.1) is 7.11 Å². The molecule has 0 saturated heterocycles. The second-order valence-electron chi connectivity index (χ2n) is 5.07. The van der Waals surface area contributed by atoms with Gasteiger partial charge in [-0.2, -0.15) is 0 Å². The van der Waals surface area contributed by atoms with Crippen molar-refractivity contribution < 1.29 is 4.74 Å². The van der Waals surface area contributed by atoms with E-state index in [2.05, 4.69) is 43.7 Å². The second kappa shape index (κ2) is 7.48. The summed E-state index contributed by atoms with van der Waals surface area (Å²) in [6, 6.07) is 8.33. The zero-order valence-electron chi connectivity index (χ0n) is 12.1. The van der Waals surface area contributed by atoms with Crippen LogP contribution >= 0.6 is 15.9 Å². The van der Waals surface area contributed by atoms with Crippen LogP contribution in [0, 0.1) is 5.92 Å². The molecule has 0 saturated carbocycles. The van der Waals surface area contributed by atoms with Gasteiger partial charge in [0.15, 0.2) is 0 Å². The number of aromatic nitrogens is 2. The molecule has 3 nitrogen and oxygen atoms in total. The highest BCUT2D eigenvalue weighted by atomic mass is 79.9. The summed E-state index contributed by atoms with van der Waals surface area (Å²) in [6.45, 7) is 0. The average Bonchev–Trinajstić information content (AvgIpc) is 2.89. The van der Waals surface area contributed by atoms with Gasteiger partial charge < -0.3 is 9.30 Å². The molecule has 0 aliphatic carbocycles. The van der Waals surface area contributed by atoms with Crippen LogP contribution in [-0.4, -0.2) is 22.0 Å². The number of methoxy groups -OCH3 is 1. The van der Waals surface area contributed by atoms with Crippen LogP contribution in [0.5, 0.6) is 5.75 Å². The van der Waals surface area contributed by atoms with E-state index >= 15 is 0 Å². The highest BCUT2D eigenvalue weighted by molar-refractivity contribution is 9.09. The molecule has 20 heavy (non-hydrogen) atoms. The Morgan fingerprint density at radius 3 is 2.90 bits per heavy atom. The number of hydrogen-bond acceptors (Lipinski definition) is 2. The van der Waals surface area contributed by atoms with Crippen molar-refractivity contribution in [3.05, 3.63) is 48.0 Å². The number of hydrogen-bond donors (Lipinski definition) is 0. The standard InChI is InChI=1S/C16H21BrN2O/c1-19-9-8-18-16(19)7-6-14(12-17)10-13-4-3-5-15(11-13)20-2/h3-5,8-9,11,14H,6-7,10,12H2,1-2H3. The zero-order valence-corrected chi connectivity index (χ0v) is 13.6. The molecule has 0 amide bonds. The van der Waals surface area contributed by atoms with E-state index in [9.17, 15) is 0 Å². The van der Waals surface area contributed by atoms with Gasteiger partial charge in [-0.3, -0.25) is 0 Å². The summed E-state index contributed by atoms with van der Waals surface area (Å²) in [4.78, 5) is 4.38. The van der Waals surface area contributed by atoms with Crippen molar-refractivity contribution in [3.8, 4) is 5.75 Å². The van der Waals surface area contributed by atoms with Gasteiger partial charge in [-0.1, -0.05) is 28.1 Å². The van der Waals surface area contributed by atoms with Crippen molar-refractivity contribution in [1.82, 2.24) is 9.55 Å². The Labute approximate surface area is 129 Å². The molecule has 1 heterocycles.